The summed E-state index contributed by atoms with van der Waals surface area (Å²) in [6.45, 7) is 0.452. The van der Waals surface area contributed by atoms with Crippen molar-refractivity contribution in [1.29, 1.82) is 0 Å². The van der Waals surface area contributed by atoms with Crippen molar-refractivity contribution in [3.05, 3.63) is 62.8 Å². The number of ether oxygens (including phenoxy) is 1. The van der Waals surface area contributed by atoms with Crippen LogP contribution in [0.15, 0.2) is 40.9 Å². The third-order valence-corrected chi connectivity index (χ3v) is 3.84. The van der Waals surface area contributed by atoms with Gasteiger partial charge in [-0.3, -0.25) is 0 Å². The second kappa shape index (κ2) is 6.91. The highest BCUT2D eigenvalue weighted by Crippen LogP contribution is 2.24. The number of hydrogen-bond donors (Lipinski definition) is 1. The minimum absolute atomic E-state index is 0.155. The van der Waals surface area contributed by atoms with Crippen LogP contribution in [0.5, 0.6) is 0 Å². The number of anilines is 1. The quantitative estimate of drug-likeness (QED) is 0.795. The maximum absolute atomic E-state index is 13.3. The van der Waals surface area contributed by atoms with E-state index in [0.717, 1.165) is 16.1 Å². The monoisotopic (exact) mass is 371 g/mol. The highest BCUT2D eigenvalue weighted by atomic mass is 79.9. The fourth-order valence-electron chi connectivity index (χ4n) is 1.80. The lowest BCUT2D eigenvalue weighted by atomic mass is 10.1. The predicted molar refractivity (Wildman–Crippen MR) is 84.2 cm³/mol. The molecule has 1 N–H and O–H groups in total. The van der Waals surface area contributed by atoms with Crippen molar-refractivity contribution in [3.8, 4) is 0 Å². The first-order valence-electron chi connectivity index (χ1n) is 6.07. The van der Waals surface area contributed by atoms with Gasteiger partial charge in [0.25, 0.3) is 0 Å². The van der Waals surface area contributed by atoms with E-state index in [9.17, 15) is 9.18 Å². The van der Waals surface area contributed by atoms with Gasteiger partial charge in [-0.05, 0) is 35.9 Å². The van der Waals surface area contributed by atoms with Gasteiger partial charge in [0.15, 0.2) is 0 Å². The Balaban J connectivity index is 2.21. The summed E-state index contributed by atoms with van der Waals surface area (Å²) in [7, 11) is 1.26. The Morgan fingerprint density at radius 1 is 1.33 bits per heavy atom. The number of benzene rings is 2. The van der Waals surface area contributed by atoms with Gasteiger partial charge in [-0.15, -0.1) is 0 Å². The van der Waals surface area contributed by atoms with E-state index < -0.39 is 11.8 Å². The molecule has 0 spiro atoms. The largest absolute Gasteiger partial charge is 0.465 e. The molecular weight excluding hydrogens is 361 g/mol. The van der Waals surface area contributed by atoms with Crippen LogP contribution >= 0.6 is 27.5 Å². The van der Waals surface area contributed by atoms with Gasteiger partial charge in [0, 0.05) is 21.7 Å². The standard InChI is InChI=1S/C15H12BrClFNO2/c1-21-15(20)12-7-11(18)4-5-14(12)19-8-9-2-3-10(17)6-13(9)16/h2-7,19H,8H2,1H3. The molecule has 21 heavy (non-hydrogen) atoms. The third-order valence-electron chi connectivity index (χ3n) is 2.87. The lowest BCUT2D eigenvalue weighted by Crippen LogP contribution is -2.09. The van der Waals surface area contributed by atoms with E-state index in [1.54, 1.807) is 12.1 Å². The van der Waals surface area contributed by atoms with Crippen LogP contribution in [0.25, 0.3) is 0 Å². The number of hydrogen-bond acceptors (Lipinski definition) is 3. The lowest BCUT2D eigenvalue weighted by molar-refractivity contribution is 0.0601. The molecule has 0 unspecified atom stereocenters. The number of rotatable bonds is 4. The van der Waals surface area contributed by atoms with E-state index in [1.807, 2.05) is 6.07 Å². The van der Waals surface area contributed by atoms with Crippen molar-refractivity contribution in [1.82, 2.24) is 0 Å². The van der Waals surface area contributed by atoms with Crippen LogP contribution in [0, 0.1) is 5.82 Å². The third kappa shape index (κ3) is 3.95. The first-order valence-corrected chi connectivity index (χ1v) is 7.24. The van der Waals surface area contributed by atoms with Crippen LogP contribution in [0.2, 0.25) is 5.02 Å². The average molecular weight is 373 g/mol. The number of methoxy groups -OCH3 is 1. The highest BCUT2D eigenvalue weighted by Gasteiger charge is 2.13. The zero-order chi connectivity index (χ0) is 15.4. The van der Waals surface area contributed by atoms with Gasteiger partial charge in [0.1, 0.15) is 5.82 Å². The van der Waals surface area contributed by atoms with Crippen LogP contribution in [-0.2, 0) is 11.3 Å². The van der Waals surface area contributed by atoms with Gasteiger partial charge in [-0.1, -0.05) is 33.6 Å². The van der Waals surface area contributed by atoms with E-state index in [4.69, 9.17) is 11.6 Å². The summed E-state index contributed by atoms with van der Waals surface area (Å²) >= 11 is 9.30. The Kier molecular flexibility index (Phi) is 5.20. The summed E-state index contributed by atoms with van der Waals surface area (Å²) in [5.41, 5.74) is 1.62. The number of halogens is 3. The van der Waals surface area contributed by atoms with Gasteiger partial charge in [-0.2, -0.15) is 0 Å². The molecule has 2 aromatic rings. The number of carbonyl (C=O) groups is 1. The highest BCUT2D eigenvalue weighted by molar-refractivity contribution is 9.10. The Labute approximate surface area is 135 Å². The summed E-state index contributed by atoms with van der Waals surface area (Å²) in [4.78, 5) is 11.7. The SMILES string of the molecule is COC(=O)c1cc(F)ccc1NCc1ccc(Cl)cc1Br. The summed E-state index contributed by atoms with van der Waals surface area (Å²) in [5, 5.41) is 3.72. The minimum atomic E-state index is -0.591. The molecule has 0 aliphatic heterocycles. The fourth-order valence-corrected chi connectivity index (χ4v) is 2.63. The topological polar surface area (TPSA) is 38.3 Å². The van der Waals surface area contributed by atoms with Crippen molar-refractivity contribution in [2.45, 2.75) is 6.54 Å². The van der Waals surface area contributed by atoms with E-state index in [0.29, 0.717) is 17.3 Å². The number of esters is 1. The first kappa shape index (κ1) is 15.8. The molecule has 0 fully saturated rings. The van der Waals surface area contributed by atoms with Gasteiger partial charge < -0.3 is 10.1 Å². The summed E-state index contributed by atoms with van der Waals surface area (Å²) in [5.74, 6) is -1.08. The average Bonchev–Trinajstić information content (AvgIpc) is 2.46. The molecule has 2 aromatic carbocycles. The molecule has 0 aliphatic rings. The van der Waals surface area contributed by atoms with E-state index in [-0.39, 0.29) is 5.56 Å². The molecule has 0 atom stereocenters. The van der Waals surface area contributed by atoms with Gasteiger partial charge >= 0.3 is 5.97 Å². The van der Waals surface area contributed by atoms with Gasteiger partial charge in [0.05, 0.1) is 12.7 Å². The molecule has 0 aromatic heterocycles. The van der Waals surface area contributed by atoms with E-state index in [1.165, 1.54) is 19.2 Å². The van der Waals surface area contributed by atoms with Gasteiger partial charge in [0.2, 0.25) is 0 Å². The summed E-state index contributed by atoms with van der Waals surface area (Å²) in [6.07, 6.45) is 0. The van der Waals surface area contributed by atoms with Crippen molar-refractivity contribution in [2.24, 2.45) is 0 Å². The maximum Gasteiger partial charge on any atom is 0.340 e. The molecule has 0 aliphatic carbocycles. The van der Waals surface area contributed by atoms with Crippen LogP contribution in [0.4, 0.5) is 10.1 Å². The van der Waals surface area contributed by atoms with E-state index in [2.05, 4.69) is 26.0 Å². The Bertz CT molecular complexity index is 679. The zero-order valence-corrected chi connectivity index (χ0v) is 13.5. The van der Waals surface area contributed by atoms with Crippen molar-refractivity contribution < 1.29 is 13.9 Å². The molecule has 3 nitrogen and oxygen atoms in total. The van der Waals surface area contributed by atoms with Crippen LogP contribution in [-0.4, -0.2) is 13.1 Å². The molecule has 0 amide bonds. The second-order valence-electron chi connectivity index (χ2n) is 4.27. The lowest BCUT2D eigenvalue weighted by Gasteiger charge is -2.12. The van der Waals surface area contributed by atoms with Crippen molar-refractivity contribution in [2.75, 3.05) is 12.4 Å². The molecule has 110 valence electrons. The zero-order valence-electron chi connectivity index (χ0n) is 11.1. The Morgan fingerprint density at radius 3 is 2.76 bits per heavy atom. The molecule has 0 radical (unpaired) electrons. The molecule has 0 saturated carbocycles. The normalized spacial score (nSPS) is 10.3. The van der Waals surface area contributed by atoms with Crippen molar-refractivity contribution in [3.63, 3.8) is 0 Å². The molecular formula is C15H12BrClFNO2. The van der Waals surface area contributed by atoms with Crippen molar-refractivity contribution >= 4 is 39.2 Å². The smallest absolute Gasteiger partial charge is 0.340 e. The molecule has 6 heteroatoms. The van der Waals surface area contributed by atoms with E-state index >= 15 is 0 Å². The fraction of sp³-hybridized carbons (Fsp3) is 0.133. The summed E-state index contributed by atoms with van der Waals surface area (Å²) < 4.78 is 18.8. The molecule has 0 heterocycles. The first-order chi connectivity index (χ1) is 10.0. The van der Waals surface area contributed by atoms with Crippen LogP contribution in [0.1, 0.15) is 15.9 Å². The summed E-state index contributed by atoms with van der Waals surface area (Å²) in [6, 6.07) is 9.35. The molecule has 0 saturated heterocycles. The minimum Gasteiger partial charge on any atom is -0.465 e. The maximum atomic E-state index is 13.3. The Hall–Kier alpha value is -1.59. The molecule has 2 rings (SSSR count). The number of nitrogens with one attached hydrogen (secondary N) is 1. The van der Waals surface area contributed by atoms with Crippen LogP contribution in [0.3, 0.4) is 0 Å². The second-order valence-corrected chi connectivity index (χ2v) is 5.56. The van der Waals surface area contributed by atoms with Crippen LogP contribution < -0.4 is 5.32 Å². The Morgan fingerprint density at radius 2 is 2.10 bits per heavy atom. The van der Waals surface area contributed by atoms with Gasteiger partial charge in [-0.25, -0.2) is 9.18 Å². The molecule has 0 bridgehead atoms. The predicted octanol–water partition coefficient (Wildman–Crippen LogP) is 4.64. The number of carbonyl (C=O) groups excluding carboxylic acids is 1.